The summed E-state index contributed by atoms with van der Waals surface area (Å²) in [6, 6.07) is 7.48. The highest BCUT2D eigenvalue weighted by atomic mass is 32.1. The van der Waals surface area contributed by atoms with Crippen molar-refractivity contribution >= 4 is 34.6 Å². The Morgan fingerprint density at radius 3 is 2.70 bits per heavy atom. The number of anilines is 2. The lowest BCUT2D eigenvalue weighted by molar-refractivity contribution is -0.123. The molecule has 1 N–H and O–H groups in total. The van der Waals surface area contributed by atoms with Crippen molar-refractivity contribution in [3.8, 4) is 0 Å². The first-order valence-corrected chi connectivity index (χ1v) is 9.76. The topological polar surface area (TPSA) is 55.9 Å². The summed E-state index contributed by atoms with van der Waals surface area (Å²) in [4.78, 5) is 30.8. The fourth-order valence-electron chi connectivity index (χ4n) is 3.81. The Morgan fingerprint density at radius 2 is 2.00 bits per heavy atom. The molecule has 4 rings (SSSR count). The number of likely N-dealkylation sites (N-methyl/N-ethyl adjacent to an activating group) is 1. The molecule has 8 heteroatoms. The van der Waals surface area contributed by atoms with Gasteiger partial charge >= 0.3 is 6.03 Å². The van der Waals surface area contributed by atoms with Gasteiger partial charge in [0.15, 0.2) is 0 Å². The minimum Gasteiger partial charge on any atom is -0.323 e. The summed E-state index contributed by atoms with van der Waals surface area (Å²) < 4.78 is 13.0. The molecule has 0 unspecified atom stereocenters. The molecule has 2 aliphatic rings. The Labute approximate surface area is 161 Å². The number of carbonyl (C=O) groups is 2. The Bertz CT molecular complexity index is 842. The van der Waals surface area contributed by atoms with E-state index in [0.717, 1.165) is 12.1 Å². The molecule has 2 aliphatic heterocycles. The number of hydrogen-bond donors (Lipinski definition) is 1. The number of rotatable bonds is 2. The summed E-state index contributed by atoms with van der Waals surface area (Å²) in [5.41, 5.74) is 1.23. The van der Waals surface area contributed by atoms with Crippen LogP contribution in [0.3, 0.4) is 0 Å². The molecule has 27 heavy (non-hydrogen) atoms. The van der Waals surface area contributed by atoms with Crippen molar-refractivity contribution < 1.29 is 14.0 Å². The van der Waals surface area contributed by atoms with E-state index in [1.54, 1.807) is 28.4 Å². The minimum absolute atomic E-state index is 0.0794. The Hall–Kier alpha value is -2.45. The Balaban J connectivity index is 1.47. The van der Waals surface area contributed by atoms with Crippen LogP contribution in [0.2, 0.25) is 0 Å². The molecular formula is C19H21FN4O2S. The quantitative estimate of drug-likeness (QED) is 0.861. The third-order valence-corrected chi connectivity index (χ3v) is 6.14. The van der Waals surface area contributed by atoms with Gasteiger partial charge in [-0.15, -0.1) is 0 Å². The van der Waals surface area contributed by atoms with Crippen molar-refractivity contribution in [2.24, 2.45) is 0 Å². The van der Waals surface area contributed by atoms with Crippen molar-refractivity contribution in [3.05, 3.63) is 46.9 Å². The normalized spacial score (nSPS) is 23.3. The average molecular weight is 388 g/mol. The van der Waals surface area contributed by atoms with Gasteiger partial charge in [-0.3, -0.25) is 9.69 Å². The van der Waals surface area contributed by atoms with Gasteiger partial charge < -0.3 is 15.1 Å². The van der Waals surface area contributed by atoms with E-state index in [2.05, 4.69) is 10.2 Å². The van der Waals surface area contributed by atoms with E-state index in [9.17, 15) is 14.0 Å². The van der Waals surface area contributed by atoms with Gasteiger partial charge in [-0.2, -0.15) is 11.3 Å². The molecule has 2 aromatic rings. The second-order valence-corrected chi connectivity index (χ2v) is 7.93. The van der Waals surface area contributed by atoms with E-state index in [4.69, 9.17) is 0 Å². The van der Waals surface area contributed by atoms with Crippen LogP contribution in [0.5, 0.6) is 0 Å². The van der Waals surface area contributed by atoms with Gasteiger partial charge in [-0.05, 0) is 49.2 Å². The van der Waals surface area contributed by atoms with Gasteiger partial charge in [0.1, 0.15) is 5.82 Å². The maximum atomic E-state index is 13.0. The van der Waals surface area contributed by atoms with Crippen molar-refractivity contribution in [2.75, 3.05) is 43.4 Å². The van der Waals surface area contributed by atoms with Crippen LogP contribution in [0.1, 0.15) is 6.42 Å². The molecule has 0 saturated carbocycles. The maximum Gasteiger partial charge on any atom is 0.321 e. The molecule has 2 saturated heterocycles. The number of thiophene rings is 1. The molecule has 1 aromatic carbocycles. The van der Waals surface area contributed by atoms with Crippen molar-refractivity contribution in [1.29, 1.82) is 0 Å². The summed E-state index contributed by atoms with van der Waals surface area (Å²) >= 11 is 1.57. The fourth-order valence-corrected chi connectivity index (χ4v) is 4.45. The molecule has 0 radical (unpaired) electrons. The number of carbonyl (C=O) groups excluding carboxylic acids is 2. The van der Waals surface area contributed by atoms with Crippen LogP contribution in [0, 0.1) is 5.82 Å². The summed E-state index contributed by atoms with van der Waals surface area (Å²) in [6.45, 7) is 2.07. The highest BCUT2D eigenvalue weighted by Crippen LogP contribution is 2.34. The molecule has 6 nitrogen and oxygen atoms in total. The molecule has 1 atom stereocenters. The van der Waals surface area contributed by atoms with Crippen LogP contribution < -0.4 is 10.2 Å². The lowest BCUT2D eigenvalue weighted by Gasteiger charge is -2.46. The molecule has 2 fully saturated rings. The molecule has 0 bridgehead atoms. The first-order valence-electron chi connectivity index (χ1n) is 8.82. The zero-order valence-corrected chi connectivity index (χ0v) is 15.8. The van der Waals surface area contributed by atoms with Crippen LogP contribution in [0.25, 0.3) is 0 Å². The van der Waals surface area contributed by atoms with Crippen molar-refractivity contribution in [2.45, 2.75) is 12.0 Å². The number of piperazine rings is 1. The first kappa shape index (κ1) is 17.9. The van der Waals surface area contributed by atoms with E-state index in [0.29, 0.717) is 31.9 Å². The monoisotopic (exact) mass is 388 g/mol. The van der Waals surface area contributed by atoms with Crippen LogP contribution in [0.4, 0.5) is 20.6 Å². The van der Waals surface area contributed by atoms with Crippen LogP contribution >= 0.6 is 11.3 Å². The Kier molecular flexibility index (Phi) is 4.61. The second-order valence-electron chi connectivity index (χ2n) is 7.15. The van der Waals surface area contributed by atoms with E-state index >= 15 is 0 Å². The predicted molar refractivity (Wildman–Crippen MR) is 104 cm³/mol. The second kappa shape index (κ2) is 6.94. The van der Waals surface area contributed by atoms with E-state index in [1.165, 1.54) is 12.1 Å². The molecule has 3 heterocycles. The number of nitrogens with zero attached hydrogens (tertiary/aromatic N) is 3. The summed E-state index contributed by atoms with van der Waals surface area (Å²) in [5.74, 6) is -0.258. The maximum absolute atomic E-state index is 13.0. The zero-order chi connectivity index (χ0) is 19.0. The number of hydrogen-bond acceptors (Lipinski definition) is 4. The molecule has 3 amide bonds. The van der Waals surface area contributed by atoms with Gasteiger partial charge in [0.25, 0.3) is 0 Å². The van der Waals surface area contributed by atoms with Crippen LogP contribution in [-0.4, -0.2) is 60.5 Å². The van der Waals surface area contributed by atoms with Gasteiger partial charge in [0.05, 0.1) is 17.8 Å². The third-order valence-electron chi connectivity index (χ3n) is 5.47. The molecule has 1 spiro atoms. The van der Waals surface area contributed by atoms with Gasteiger partial charge in [0.2, 0.25) is 5.91 Å². The number of urea groups is 1. The highest BCUT2D eigenvalue weighted by Gasteiger charge is 2.48. The molecular weight excluding hydrogens is 367 g/mol. The van der Waals surface area contributed by atoms with Crippen molar-refractivity contribution in [3.63, 3.8) is 0 Å². The largest absolute Gasteiger partial charge is 0.323 e. The fraction of sp³-hybridized carbons (Fsp3) is 0.368. The van der Waals surface area contributed by atoms with E-state index in [-0.39, 0.29) is 23.3 Å². The minimum atomic E-state index is -0.338. The van der Waals surface area contributed by atoms with E-state index < -0.39 is 0 Å². The summed E-state index contributed by atoms with van der Waals surface area (Å²) in [7, 11) is 1.95. The third kappa shape index (κ3) is 3.42. The summed E-state index contributed by atoms with van der Waals surface area (Å²) in [6.07, 6.45) is 0.800. The smallest absolute Gasteiger partial charge is 0.321 e. The summed E-state index contributed by atoms with van der Waals surface area (Å²) in [5, 5.41) is 6.76. The number of likely N-dealkylation sites (tertiary alicyclic amines) is 1. The van der Waals surface area contributed by atoms with Gasteiger partial charge in [-0.1, -0.05) is 0 Å². The van der Waals surface area contributed by atoms with Gasteiger partial charge in [0, 0.05) is 30.7 Å². The number of nitrogens with one attached hydrogen (secondary N) is 1. The first-order chi connectivity index (χ1) is 13.0. The predicted octanol–water partition coefficient (Wildman–Crippen LogP) is 2.84. The SMILES string of the molecule is CN1CC(=O)N(c2ccsc2)C[C@@]12CCN(C(=O)Nc1ccc(F)cc1)C2. The lowest BCUT2D eigenvalue weighted by Crippen LogP contribution is -2.64. The lowest BCUT2D eigenvalue weighted by atomic mass is 9.93. The highest BCUT2D eigenvalue weighted by molar-refractivity contribution is 7.08. The van der Waals surface area contributed by atoms with Gasteiger partial charge in [-0.25, -0.2) is 9.18 Å². The molecule has 0 aliphatic carbocycles. The van der Waals surface area contributed by atoms with Crippen LogP contribution in [-0.2, 0) is 4.79 Å². The molecule has 142 valence electrons. The van der Waals surface area contributed by atoms with E-state index in [1.807, 2.05) is 28.8 Å². The number of benzene rings is 1. The van der Waals surface area contributed by atoms with Crippen LogP contribution in [0.15, 0.2) is 41.1 Å². The number of amides is 3. The zero-order valence-electron chi connectivity index (χ0n) is 15.0. The standard InChI is InChI=1S/C19H21FN4O2S/c1-22-10-17(25)24(16-6-9-27-11-16)13-19(22)7-8-23(12-19)18(26)21-15-4-2-14(20)3-5-15/h2-6,9,11H,7-8,10,12-13H2,1H3,(H,21,26)/t19-/m0/s1. The number of halogens is 1. The van der Waals surface area contributed by atoms with Crippen molar-refractivity contribution in [1.82, 2.24) is 9.80 Å². The average Bonchev–Trinajstić information content (AvgIpc) is 3.31. The molecule has 1 aromatic heterocycles. The Morgan fingerprint density at radius 1 is 1.22 bits per heavy atom.